The zero-order valence-electron chi connectivity index (χ0n) is 13.8. The minimum atomic E-state index is 0.285. The normalized spacial score (nSPS) is 17.6. The van der Waals surface area contributed by atoms with Crippen molar-refractivity contribution in [2.24, 2.45) is 0 Å². The smallest absolute Gasteiger partial charge is 0.0824 e. The van der Waals surface area contributed by atoms with E-state index in [4.69, 9.17) is 4.74 Å². The van der Waals surface area contributed by atoms with Crippen molar-refractivity contribution in [1.29, 1.82) is 0 Å². The average molecular weight is 314 g/mol. The van der Waals surface area contributed by atoms with E-state index in [0.717, 1.165) is 13.0 Å². The standard InChI is InChI=1S/C23H22O/c1-2-6-18(7-3-1)19-9-11-20(12-10-19)21-13-15-22(16-14-21)23-8-4-5-17-24-23/h1-3,6-7,9-16,23H,4-5,8,17H2. The molecule has 3 aromatic rings. The Morgan fingerprint density at radius 1 is 0.583 bits per heavy atom. The molecule has 1 atom stereocenters. The first-order chi connectivity index (χ1) is 11.9. The summed E-state index contributed by atoms with van der Waals surface area (Å²) in [5, 5.41) is 0. The molecule has 0 amide bonds. The minimum Gasteiger partial charge on any atom is -0.374 e. The molecule has 0 aromatic heterocycles. The predicted octanol–water partition coefficient (Wildman–Crippen LogP) is 6.26. The summed E-state index contributed by atoms with van der Waals surface area (Å²) in [6.45, 7) is 0.896. The molecule has 3 aromatic carbocycles. The topological polar surface area (TPSA) is 9.23 Å². The van der Waals surface area contributed by atoms with E-state index in [2.05, 4.69) is 78.9 Å². The third-order valence-corrected chi connectivity index (χ3v) is 4.79. The molecule has 1 unspecified atom stereocenters. The van der Waals surface area contributed by atoms with Crippen LogP contribution in [0.25, 0.3) is 22.3 Å². The molecule has 0 bridgehead atoms. The maximum Gasteiger partial charge on any atom is 0.0824 e. The van der Waals surface area contributed by atoms with Gasteiger partial charge < -0.3 is 4.74 Å². The highest BCUT2D eigenvalue weighted by molar-refractivity contribution is 5.70. The first-order valence-electron chi connectivity index (χ1n) is 8.77. The Hall–Kier alpha value is -2.38. The molecule has 0 saturated carbocycles. The second-order valence-electron chi connectivity index (χ2n) is 6.42. The van der Waals surface area contributed by atoms with Gasteiger partial charge in [-0.1, -0.05) is 78.9 Å². The minimum absolute atomic E-state index is 0.285. The van der Waals surface area contributed by atoms with Gasteiger partial charge in [-0.3, -0.25) is 0 Å². The summed E-state index contributed by atoms with van der Waals surface area (Å²) >= 11 is 0. The molecule has 0 spiro atoms. The number of rotatable bonds is 3. The molecule has 1 aliphatic rings. The lowest BCUT2D eigenvalue weighted by molar-refractivity contribution is 0.0150. The Kier molecular flexibility index (Phi) is 4.44. The molecule has 24 heavy (non-hydrogen) atoms. The fourth-order valence-electron chi connectivity index (χ4n) is 3.38. The van der Waals surface area contributed by atoms with Crippen LogP contribution in [0.5, 0.6) is 0 Å². The molecule has 1 heteroatoms. The van der Waals surface area contributed by atoms with Crippen molar-refractivity contribution in [2.75, 3.05) is 6.61 Å². The van der Waals surface area contributed by atoms with Crippen molar-refractivity contribution < 1.29 is 4.74 Å². The molecule has 1 saturated heterocycles. The van der Waals surface area contributed by atoms with E-state index in [1.807, 2.05) is 0 Å². The van der Waals surface area contributed by atoms with E-state index in [1.165, 1.54) is 40.7 Å². The highest BCUT2D eigenvalue weighted by atomic mass is 16.5. The van der Waals surface area contributed by atoms with Crippen LogP contribution in [0.1, 0.15) is 30.9 Å². The van der Waals surface area contributed by atoms with Gasteiger partial charge in [0.05, 0.1) is 6.10 Å². The third kappa shape index (κ3) is 3.27. The van der Waals surface area contributed by atoms with Crippen molar-refractivity contribution >= 4 is 0 Å². The lowest BCUT2D eigenvalue weighted by Gasteiger charge is -2.23. The molecule has 0 radical (unpaired) electrons. The summed E-state index contributed by atoms with van der Waals surface area (Å²) in [5.74, 6) is 0. The summed E-state index contributed by atoms with van der Waals surface area (Å²) in [4.78, 5) is 0. The molecule has 0 aliphatic carbocycles. The summed E-state index contributed by atoms with van der Waals surface area (Å²) in [5.41, 5.74) is 6.33. The molecule has 1 aliphatic heterocycles. The summed E-state index contributed by atoms with van der Waals surface area (Å²) in [6, 6.07) is 28.2. The van der Waals surface area contributed by atoms with Gasteiger partial charge in [0.1, 0.15) is 0 Å². The van der Waals surface area contributed by atoms with Crippen LogP contribution in [0, 0.1) is 0 Å². The summed E-state index contributed by atoms with van der Waals surface area (Å²) < 4.78 is 5.87. The number of ether oxygens (including phenoxy) is 1. The van der Waals surface area contributed by atoms with Gasteiger partial charge in [-0.05, 0) is 47.1 Å². The van der Waals surface area contributed by atoms with Gasteiger partial charge in [0, 0.05) is 6.61 Å². The largest absolute Gasteiger partial charge is 0.374 e. The van der Waals surface area contributed by atoms with Crippen molar-refractivity contribution in [1.82, 2.24) is 0 Å². The van der Waals surface area contributed by atoms with Crippen LogP contribution in [-0.4, -0.2) is 6.61 Å². The SMILES string of the molecule is c1ccc(-c2ccc(-c3ccc(C4CCCCO4)cc3)cc2)cc1. The van der Waals surface area contributed by atoms with Crippen molar-refractivity contribution in [3.63, 3.8) is 0 Å². The summed E-state index contributed by atoms with van der Waals surface area (Å²) in [7, 11) is 0. The maximum atomic E-state index is 5.87. The first-order valence-corrected chi connectivity index (χ1v) is 8.77. The van der Waals surface area contributed by atoms with E-state index in [0.29, 0.717) is 0 Å². The quantitative estimate of drug-likeness (QED) is 0.554. The number of benzene rings is 3. The van der Waals surface area contributed by atoms with E-state index >= 15 is 0 Å². The van der Waals surface area contributed by atoms with Gasteiger partial charge in [-0.2, -0.15) is 0 Å². The fraction of sp³-hybridized carbons (Fsp3) is 0.217. The Morgan fingerprint density at radius 3 is 1.67 bits per heavy atom. The van der Waals surface area contributed by atoms with Gasteiger partial charge in [0.15, 0.2) is 0 Å². The lowest BCUT2D eigenvalue weighted by Crippen LogP contribution is -2.11. The third-order valence-electron chi connectivity index (χ3n) is 4.79. The Labute approximate surface area is 143 Å². The molecular formula is C23H22O. The zero-order valence-corrected chi connectivity index (χ0v) is 13.8. The van der Waals surface area contributed by atoms with Crippen LogP contribution in [0.3, 0.4) is 0 Å². The van der Waals surface area contributed by atoms with Crippen molar-refractivity contribution in [3.05, 3.63) is 84.4 Å². The Morgan fingerprint density at radius 2 is 1.12 bits per heavy atom. The van der Waals surface area contributed by atoms with Gasteiger partial charge in [-0.25, -0.2) is 0 Å². The van der Waals surface area contributed by atoms with E-state index in [1.54, 1.807) is 0 Å². The fourth-order valence-corrected chi connectivity index (χ4v) is 3.38. The number of hydrogen-bond acceptors (Lipinski definition) is 1. The monoisotopic (exact) mass is 314 g/mol. The second kappa shape index (κ2) is 7.02. The van der Waals surface area contributed by atoms with Gasteiger partial charge in [0.2, 0.25) is 0 Å². The van der Waals surface area contributed by atoms with Crippen LogP contribution in [0.4, 0.5) is 0 Å². The van der Waals surface area contributed by atoms with E-state index in [-0.39, 0.29) is 6.10 Å². The first kappa shape index (κ1) is 15.2. The van der Waals surface area contributed by atoms with Crippen LogP contribution in [-0.2, 0) is 4.74 Å². The summed E-state index contributed by atoms with van der Waals surface area (Å²) in [6.07, 6.45) is 3.90. The Bertz CT molecular complexity index is 767. The predicted molar refractivity (Wildman–Crippen MR) is 99.9 cm³/mol. The molecule has 1 nitrogen and oxygen atoms in total. The average Bonchev–Trinajstić information content (AvgIpc) is 2.70. The lowest BCUT2D eigenvalue weighted by atomic mass is 9.97. The van der Waals surface area contributed by atoms with Gasteiger partial charge in [-0.15, -0.1) is 0 Å². The molecule has 1 heterocycles. The van der Waals surface area contributed by atoms with Crippen LogP contribution >= 0.6 is 0 Å². The molecule has 4 rings (SSSR count). The van der Waals surface area contributed by atoms with Crippen LogP contribution in [0.2, 0.25) is 0 Å². The zero-order chi connectivity index (χ0) is 16.2. The van der Waals surface area contributed by atoms with E-state index in [9.17, 15) is 0 Å². The molecular weight excluding hydrogens is 292 g/mol. The molecule has 1 fully saturated rings. The van der Waals surface area contributed by atoms with Crippen LogP contribution in [0.15, 0.2) is 78.9 Å². The highest BCUT2D eigenvalue weighted by Gasteiger charge is 2.15. The van der Waals surface area contributed by atoms with Crippen molar-refractivity contribution in [3.8, 4) is 22.3 Å². The number of hydrogen-bond donors (Lipinski definition) is 0. The molecule has 120 valence electrons. The maximum absolute atomic E-state index is 5.87. The Balaban J connectivity index is 1.53. The van der Waals surface area contributed by atoms with Crippen LogP contribution < -0.4 is 0 Å². The highest BCUT2D eigenvalue weighted by Crippen LogP contribution is 2.30. The van der Waals surface area contributed by atoms with E-state index < -0.39 is 0 Å². The van der Waals surface area contributed by atoms with Crippen molar-refractivity contribution in [2.45, 2.75) is 25.4 Å². The molecule has 0 N–H and O–H groups in total. The van der Waals surface area contributed by atoms with Gasteiger partial charge in [0.25, 0.3) is 0 Å². The van der Waals surface area contributed by atoms with Gasteiger partial charge >= 0.3 is 0 Å². The second-order valence-corrected chi connectivity index (χ2v) is 6.42.